The average Bonchev–Trinajstić information content (AvgIpc) is 2.97. The van der Waals surface area contributed by atoms with Crippen molar-refractivity contribution in [3.63, 3.8) is 0 Å². The van der Waals surface area contributed by atoms with Crippen molar-refractivity contribution in [2.45, 2.75) is 44.2 Å². The monoisotopic (exact) mass is 287 g/mol. The van der Waals surface area contributed by atoms with Gasteiger partial charge >= 0.3 is 0 Å². The fourth-order valence-corrected chi connectivity index (χ4v) is 3.51. The van der Waals surface area contributed by atoms with Gasteiger partial charge in [-0.2, -0.15) is 0 Å². The standard InChI is InChI=1S/C16H21N3O2/c1-19(15(20)13-8-4-5-9-17-13)16(21)14-10-11-6-2-3-7-12(11)18-14/h4-5,8-9,11-12,14,18H,2-3,6-7,10H2,1H3. The molecule has 5 heteroatoms. The summed E-state index contributed by atoms with van der Waals surface area (Å²) >= 11 is 0. The van der Waals surface area contributed by atoms with Gasteiger partial charge in [0.2, 0.25) is 5.91 Å². The molecule has 3 rings (SSSR count). The van der Waals surface area contributed by atoms with Crippen LogP contribution in [0.25, 0.3) is 0 Å². The zero-order chi connectivity index (χ0) is 14.8. The van der Waals surface area contributed by atoms with Crippen molar-refractivity contribution in [2.75, 3.05) is 7.05 Å². The summed E-state index contributed by atoms with van der Waals surface area (Å²) in [6.07, 6.45) is 7.24. The van der Waals surface area contributed by atoms with Crippen LogP contribution in [0.4, 0.5) is 0 Å². The summed E-state index contributed by atoms with van der Waals surface area (Å²) in [4.78, 5) is 30.0. The van der Waals surface area contributed by atoms with Crippen LogP contribution in [0.2, 0.25) is 0 Å². The first-order chi connectivity index (χ1) is 10.2. The minimum Gasteiger partial charge on any atom is -0.303 e. The lowest BCUT2D eigenvalue weighted by atomic mass is 9.85. The zero-order valence-corrected chi connectivity index (χ0v) is 12.3. The van der Waals surface area contributed by atoms with E-state index in [2.05, 4.69) is 10.3 Å². The SMILES string of the molecule is CN(C(=O)c1ccccn1)C(=O)C1CC2CCCCC2N1. The molecule has 1 saturated carbocycles. The van der Waals surface area contributed by atoms with Crippen molar-refractivity contribution in [2.24, 2.45) is 5.92 Å². The lowest BCUT2D eigenvalue weighted by molar-refractivity contribution is -0.129. The molecule has 2 amide bonds. The summed E-state index contributed by atoms with van der Waals surface area (Å²) in [5.74, 6) is 0.114. The van der Waals surface area contributed by atoms with E-state index in [4.69, 9.17) is 0 Å². The quantitative estimate of drug-likeness (QED) is 0.839. The van der Waals surface area contributed by atoms with Gasteiger partial charge in [0, 0.05) is 19.3 Å². The molecule has 0 radical (unpaired) electrons. The van der Waals surface area contributed by atoms with Crippen molar-refractivity contribution >= 4 is 11.8 Å². The number of fused-ring (bicyclic) bond motifs is 1. The van der Waals surface area contributed by atoms with Crippen LogP contribution in [-0.2, 0) is 4.79 Å². The van der Waals surface area contributed by atoms with Crippen molar-refractivity contribution < 1.29 is 9.59 Å². The predicted octanol–water partition coefficient (Wildman–Crippen LogP) is 1.60. The Morgan fingerprint density at radius 3 is 2.81 bits per heavy atom. The van der Waals surface area contributed by atoms with Crippen molar-refractivity contribution in [1.82, 2.24) is 15.2 Å². The molecule has 112 valence electrons. The van der Waals surface area contributed by atoms with Crippen LogP contribution in [0.3, 0.4) is 0 Å². The van der Waals surface area contributed by atoms with Crippen LogP contribution in [0.1, 0.15) is 42.6 Å². The Morgan fingerprint density at radius 1 is 1.29 bits per heavy atom. The number of nitrogens with zero attached hydrogens (tertiary/aromatic N) is 2. The Morgan fingerprint density at radius 2 is 2.10 bits per heavy atom. The van der Waals surface area contributed by atoms with Crippen molar-refractivity contribution in [3.05, 3.63) is 30.1 Å². The van der Waals surface area contributed by atoms with E-state index in [1.165, 1.54) is 24.2 Å². The molecule has 2 fully saturated rings. The second-order valence-electron chi connectivity index (χ2n) is 6.02. The number of hydrogen-bond acceptors (Lipinski definition) is 4. The van der Waals surface area contributed by atoms with Gasteiger partial charge in [-0.3, -0.25) is 19.5 Å². The summed E-state index contributed by atoms with van der Waals surface area (Å²) in [6, 6.07) is 5.36. The highest BCUT2D eigenvalue weighted by atomic mass is 16.2. The maximum absolute atomic E-state index is 12.5. The molecule has 2 aliphatic rings. The van der Waals surface area contributed by atoms with E-state index in [1.807, 2.05) is 0 Å². The van der Waals surface area contributed by atoms with E-state index in [0.717, 1.165) is 12.8 Å². The summed E-state index contributed by atoms with van der Waals surface area (Å²) in [5.41, 5.74) is 0.309. The molecule has 1 N–H and O–H groups in total. The molecule has 3 atom stereocenters. The van der Waals surface area contributed by atoms with Gasteiger partial charge < -0.3 is 5.32 Å². The van der Waals surface area contributed by atoms with Gasteiger partial charge in [-0.05, 0) is 37.3 Å². The number of likely N-dealkylation sites (N-methyl/N-ethyl adjacent to an activating group) is 1. The molecular weight excluding hydrogens is 266 g/mol. The number of rotatable bonds is 2. The molecular formula is C16H21N3O2. The molecule has 2 heterocycles. The molecule has 21 heavy (non-hydrogen) atoms. The minimum absolute atomic E-state index is 0.139. The molecule has 0 bridgehead atoms. The smallest absolute Gasteiger partial charge is 0.278 e. The molecule has 1 aromatic rings. The number of carbonyl (C=O) groups is 2. The van der Waals surface area contributed by atoms with Gasteiger partial charge in [0.1, 0.15) is 5.69 Å². The van der Waals surface area contributed by atoms with Crippen molar-refractivity contribution in [3.8, 4) is 0 Å². The number of nitrogens with one attached hydrogen (secondary N) is 1. The third kappa shape index (κ3) is 2.83. The Balaban J connectivity index is 1.66. The van der Waals surface area contributed by atoms with E-state index in [1.54, 1.807) is 31.4 Å². The summed E-state index contributed by atoms with van der Waals surface area (Å²) in [6.45, 7) is 0. The Bertz CT molecular complexity index is 518. The van der Waals surface area contributed by atoms with Crippen molar-refractivity contribution in [1.29, 1.82) is 0 Å². The predicted molar refractivity (Wildman–Crippen MR) is 78.6 cm³/mol. The highest BCUT2D eigenvalue weighted by Crippen LogP contribution is 2.33. The van der Waals surface area contributed by atoms with Gasteiger partial charge in [-0.25, -0.2) is 0 Å². The molecule has 0 aromatic carbocycles. The first kappa shape index (κ1) is 14.2. The number of aromatic nitrogens is 1. The molecule has 0 spiro atoms. The molecule has 1 aliphatic carbocycles. The van der Waals surface area contributed by atoms with E-state index < -0.39 is 0 Å². The number of pyridine rings is 1. The zero-order valence-electron chi connectivity index (χ0n) is 12.3. The Kier molecular flexibility index (Phi) is 4.01. The Hall–Kier alpha value is -1.75. The van der Waals surface area contributed by atoms with Crippen LogP contribution in [-0.4, -0.2) is 40.8 Å². The molecule has 1 saturated heterocycles. The number of imide groups is 1. The largest absolute Gasteiger partial charge is 0.303 e. The van der Waals surface area contributed by atoms with Gasteiger partial charge in [0.15, 0.2) is 0 Å². The van der Waals surface area contributed by atoms with Gasteiger partial charge in [-0.15, -0.1) is 0 Å². The van der Waals surface area contributed by atoms with Crippen LogP contribution >= 0.6 is 0 Å². The average molecular weight is 287 g/mol. The van der Waals surface area contributed by atoms with E-state index in [9.17, 15) is 9.59 Å². The van der Waals surface area contributed by atoms with Gasteiger partial charge in [0.05, 0.1) is 6.04 Å². The van der Waals surface area contributed by atoms with Crippen LogP contribution in [0, 0.1) is 5.92 Å². The fourth-order valence-electron chi connectivity index (χ4n) is 3.51. The fraction of sp³-hybridized carbons (Fsp3) is 0.562. The lowest BCUT2D eigenvalue weighted by Crippen LogP contribution is -2.46. The summed E-state index contributed by atoms with van der Waals surface area (Å²) in [5, 5.41) is 3.42. The minimum atomic E-state index is -0.336. The summed E-state index contributed by atoms with van der Waals surface area (Å²) < 4.78 is 0. The number of hydrogen-bond donors (Lipinski definition) is 1. The van der Waals surface area contributed by atoms with E-state index >= 15 is 0 Å². The van der Waals surface area contributed by atoms with Gasteiger partial charge in [0.25, 0.3) is 5.91 Å². The second-order valence-corrected chi connectivity index (χ2v) is 6.02. The third-order valence-corrected chi connectivity index (χ3v) is 4.68. The highest BCUT2D eigenvalue weighted by Gasteiger charge is 2.40. The summed E-state index contributed by atoms with van der Waals surface area (Å²) in [7, 11) is 1.54. The van der Waals surface area contributed by atoms with Crippen LogP contribution in [0.15, 0.2) is 24.4 Å². The van der Waals surface area contributed by atoms with Crippen LogP contribution < -0.4 is 5.32 Å². The first-order valence-electron chi connectivity index (χ1n) is 7.66. The van der Waals surface area contributed by atoms with Crippen LogP contribution in [0.5, 0.6) is 0 Å². The Labute approximate surface area is 124 Å². The van der Waals surface area contributed by atoms with E-state index in [0.29, 0.717) is 17.7 Å². The molecule has 5 nitrogen and oxygen atoms in total. The normalized spacial score (nSPS) is 28.0. The molecule has 1 aromatic heterocycles. The maximum Gasteiger partial charge on any atom is 0.278 e. The van der Waals surface area contributed by atoms with Gasteiger partial charge in [-0.1, -0.05) is 18.9 Å². The second kappa shape index (κ2) is 5.93. The first-order valence-corrected chi connectivity index (χ1v) is 7.66. The maximum atomic E-state index is 12.5. The lowest BCUT2D eigenvalue weighted by Gasteiger charge is -2.24. The third-order valence-electron chi connectivity index (χ3n) is 4.68. The van der Waals surface area contributed by atoms with E-state index in [-0.39, 0.29) is 17.9 Å². The number of amides is 2. The molecule has 1 aliphatic heterocycles. The highest BCUT2D eigenvalue weighted by molar-refractivity contribution is 6.04. The topological polar surface area (TPSA) is 62.3 Å². The number of carbonyl (C=O) groups excluding carboxylic acids is 2. The molecule has 3 unspecified atom stereocenters.